The Balaban J connectivity index is 1.44. The number of nitrogens with one attached hydrogen (secondary N) is 1. The Morgan fingerprint density at radius 3 is 2.85 bits per heavy atom. The minimum Gasteiger partial charge on any atom is -0.487 e. The molecule has 0 saturated heterocycles. The molecule has 0 aliphatic carbocycles. The Morgan fingerprint density at radius 2 is 2.07 bits per heavy atom. The van der Waals surface area contributed by atoms with Crippen LogP contribution >= 0.6 is 11.3 Å². The maximum atomic E-state index is 12.2. The van der Waals surface area contributed by atoms with Gasteiger partial charge in [0, 0.05) is 36.8 Å². The molecule has 1 aliphatic rings. The van der Waals surface area contributed by atoms with Gasteiger partial charge < -0.3 is 14.8 Å². The van der Waals surface area contributed by atoms with Crippen LogP contribution in [0.25, 0.3) is 21.1 Å². The number of nitrogens with zero attached hydrogens (tertiary/aromatic N) is 4. The van der Waals surface area contributed by atoms with Gasteiger partial charge in [0.15, 0.2) is 0 Å². The summed E-state index contributed by atoms with van der Waals surface area (Å²) in [5.41, 5.74) is 6.30. The maximum absolute atomic E-state index is 12.2. The molecule has 3 atom stereocenters. The smallest absolute Gasteiger partial charge is 0.304 e. The van der Waals surface area contributed by atoms with E-state index in [9.17, 15) is 14.7 Å². The molecule has 0 spiro atoms. The van der Waals surface area contributed by atoms with Gasteiger partial charge in [0.1, 0.15) is 17.4 Å². The second-order valence-electron chi connectivity index (χ2n) is 10.9. The normalized spacial score (nSPS) is 18.2. The molecule has 0 fully saturated rings. The fourth-order valence-corrected chi connectivity index (χ4v) is 6.94. The number of H-pyrrole nitrogens is 1. The zero-order valence-electron chi connectivity index (χ0n) is 23.5. The summed E-state index contributed by atoms with van der Waals surface area (Å²) in [6.45, 7) is 7.53. The van der Waals surface area contributed by atoms with E-state index in [4.69, 9.17) is 4.74 Å². The number of carboxylic acid groups (broad SMARTS) is 1. The number of carbonyl (C=O) groups is 1. The largest absolute Gasteiger partial charge is 0.487 e. The third kappa shape index (κ3) is 5.02. The van der Waals surface area contributed by atoms with Gasteiger partial charge in [-0.3, -0.25) is 14.5 Å². The highest BCUT2D eigenvalue weighted by Crippen LogP contribution is 2.39. The van der Waals surface area contributed by atoms with Crippen LogP contribution in [0.5, 0.6) is 5.75 Å². The van der Waals surface area contributed by atoms with Gasteiger partial charge in [0.2, 0.25) is 5.56 Å². The molecule has 0 radical (unpaired) electrons. The van der Waals surface area contributed by atoms with Crippen molar-refractivity contribution in [2.75, 3.05) is 6.54 Å². The highest BCUT2D eigenvalue weighted by atomic mass is 32.1. The van der Waals surface area contributed by atoms with Crippen LogP contribution in [0.15, 0.2) is 52.6 Å². The van der Waals surface area contributed by atoms with Crippen molar-refractivity contribution < 1.29 is 14.6 Å². The molecule has 1 aliphatic heterocycles. The molecule has 5 aromatic rings. The number of rotatable bonds is 7. The first kappa shape index (κ1) is 27.2. The average Bonchev–Trinajstić information content (AvgIpc) is 3.55. The van der Waals surface area contributed by atoms with Gasteiger partial charge in [-0.2, -0.15) is 0 Å². The summed E-state index contributed by atoms with van der Waals surface area (Å²) < 4.78 is 9.21. The number of carboxylic acids is 1. The van der Waals surface area contributed by atoms with Crippen molar-refractivity contribution in [3.8, 4) is 5.75 Å². The first-order valence-corrected chi connectivity index (χ1v) is 14.8. The number of fused-ring (bicyclic) bond motifs is 3. The van der Waals surface area contributed by atoms with E-state index in [0.29, 0.717) is 13.1 Å². The number of thiophene rings is 1. The van der Waals surface area contributed by atoms with Crippen LogP contribution in [-0.2, 0) is 18.4 Å². The number of hydrogen-bond donors (Lipinski definition) is 2. The van der Waals surface area contributed by atoms with Crippen LogP contribution in [-0.4, -0.2) is 48.6 Å². The number of aromatic nitrogens is 4. The van der Waals surface area contributed by atoms with Gasteiger partial charge in [0.25, 0.3) is 0 Å². The summed E-state index contributed by atoms with van der Waals surface area (Å²) in [7, 11) is 1.85. The highest BCUT2D eigenvalue weighted by Gasteiger charge is 2.30. The fraction of sp³-hybridized carbons (Fsp3) is 0.355. The van der Waals surface area contributed by atoms with E-state index in [-0.39, 0.29) is 30.0 Å². The topological polar surface area (TPSA) is 113 Å². The second kappa shape index (κ2) is 10.8. The Morgan fingerprint density at radius 1 is 1.24 bits per heavy atom. The fourth-order valence-electron chi connectivity index (χ4n) is 6.05. The molecule has 2 N–H and O–H groups in total. The molecule has 41 heavy (non-hydrogen) atoms. The van der Waals surface area contributed by atoms with Gasteiger partial charge >= 0.3 is 5.97 Å². The van der Waals surface area contributed by atoms with E-state index in [1.807, 2.05) is 26.1 Å². The van der Waals surface area contributed by atoms with Crippen LogP contribution in [0, 0.1) is 6.92 Å². The van der Waals surface area contributed by atoms with E-state index in [1.54, 1.807) is 22.1 Å². The van der Waals surface area contributed by atoms with Crippen LogP contribution in [0.2, 0.25) is 0 Å². The lowest BCUT2D eigenvalue weighted by atomic mass is 9.84. The third-order valence-corrected chi connectivity index (χ3v) is 9.33. The summed E-state index contributed by atoms with van der Waals surface area (Å²) in [6.07, 6.45) is 0.774. The first-order valence-electron chi connectivity index (χ1n) is 13.9. The molecule has 2 aromatic carbocycles. The predicted octanol–water partition coefficient (Wildman–Crippen LogP) is 5.52. The molecule has 4 heterocycles. The zero-order chi connectivity index (χ0) is 28.8. The SMILES string of the molecule is CC[C@@H]1CN(Cc2cc([C@@H](CC(=O)O)c3ccc4c(nnn4C)c3C)cc3ccsc23)[C@H](C)c2[nH]c(=O)ccc2O1. The van der Waals surface area contributed by atoms with Crippen molar-refractivity contribution in [1.29, 1.82) is 0 Å². The van der Waals surface area contributed by atoms with E-state index >= 15 is 0 Å². The maximum Gasteiger partial charge on any atom is 0.304 e. The van der Waals surface area contributed by atoms with E-state index in [0.717, 1.165) is 56.5 Å². The number of aromatic amines is 1. The molecule has 10 heteroatoms. The number of benzene rings is 2. The van der Waals surface area contributed by atoms with Crippen molar-refractivity contribution in [3.63, 3.8) is 0 Å². The Bertz CT molecular complexity index is 1820. The molecule has 0 saturated carbocycles. The van der Waals surface area contributed by atoms with Gasteiger partial charge in [-0.1, -0.05) is 24.3 Å². The van der Waals surface area contributed by atoms with Crippen molar-refractivity contribution in [1.82, 2.24) is 24.9 Å². The quantitative estimate of drug-likeness (QED) is 0.264. The minimum atomic E-state index is -0.856. The molecule has 0 unspecified atom stereocenters. The first-order chi connectivity index (χ1) is 19.7. The lowest BCUT2D eigenvalue weighted by Crippen LogP contribution is -2.34. The van der Waals surface area contributed by atoms with Gasteiger partial charge in [-0.05, 0) is 77.6 Å². The molecular formula is C31H33N5O4S. The van der Waals surface area contributed by atoms with E-state index in [1.165, 1.54) is 10.8 Å². The molecule has 212 valence electrons. The van der Waals surface area contributed by atoms with Crippen LogP contribution in [0.1, 0.15) is 66.6 Å². The number of aryl methyl sites for hydroxylation is 2. The zero-order valence-corrected chi connectivity index (χ0v) is 24.4. The van der Waals surface area contributed by atoms with E-state index < -0.39 is 5.97 Å². The van der Waals surface area contributed by atoms with Crippen LogP contribution in [0.3, 0.4) is 0 Å². The number of ether oxygens (including phenoxy) is 1. The Hall–Kier alpha value is -4.02. The van der Waals surface area contributed by atoms with Gasteiger partial charge in [0.05, 0.1) is 23.7 Å². The standard InChI is InChI=1S/C31H33N5O4S/c1-5-22-16-36(18(3)30-26(40-22)8-9-27(37)32-30)15-21-13-20(12-19-10-11-41-31(19)21)24(14-28(38)39)23-6-7-25-29(17(23)2)33-34-35(25)4/h6-13,18,22,24H,5,14-16H2,1-4H3,(H,32,37)(H,38,39)/t18-,22-,24-/m1/s1. The predicted molar refractivity (Wildman–Crippen MR) is 160 cm³/mol. The van der Waals surface area contributed by atoms with Crippen molar-refractivity contribution in [2.45, 2.75) is 58.2 Å². The van der Waals surface area contributed by atoms with Crippen LogP contribution in [0.4, 0.5) is 0 Å². The minimum absolute atomic E-state index is 0.0206. The molecule has 0 amide bonds. The molecule has 9 nitrogen and oxygen atoms in total. The lowest BCUT2D eigenvalue weighted by molar-refractivity contribution is -0.137. The van der Waals surface area contributed by atoms with Gasteiger partial charge in [-0.25, -0.2) is 4.68 Å². The third-order valence-electron chi connectivity index (χ3n) is 8.32. The van der Waals surface area contributed by atoms with Crippen LogP contribution < -0.4 is 10.3 Å². The summed E-state index contributed by atoms with van der Waals surface area (Å²) in [5, 5.41) is 21.7. The molecule has 0 bridgehead atoms. The number of hydrogen-bond acceptors (Lipinski definition) is 7. The summed E-state index contributed by atoms with van der Waals surface area (Å²) >= 11 is 1.69. The summed E-state index contributed by atoms with van der Waals surface area (Å²) in [6, 6.07) is 13.6. The number of pyridine rings is 1. The number of aliphatic carboxylic acids is 1. The van der Waals surface area contributed by atoms with Crippen molar-refractivity contribution >= 4 is 38.4 Å². The summed E-state index contributed by atoms with van der Waals surface area (Å²) in [4.78, 5) is 29.7. The second-order valence-corrected chi connectivity index (χ2v) is 11.8. The van der Waals surface area contributed by atoms with E-state index in [2.05, 4.69) is 57.6 Å². The van der Waals surface area contributed by atoms with Gasteiger partial charge in [-0.15, -0.1) is 16.4 Å². The average molecular weight is 572 g/mol. The molecule has 3 aromatic heterocycles. The summed E-state index contributed by atoms with van der Waals surface area (Å²) in [5.74, 6) is -0.490. The Labute approximate surface area is 241 Å². The monoisotopic (exact) mass is 571 g/mol. The Kier molecular flexibility index (Phi) is 7.13. The van der Waals surface area contributed by atoms with Crippen molar-refractivity contribution in [2.24, 2.45) is 7.05 Å². The molecular weight excluding hydrogens is 538 g/mol. The highest BCUT2D eigenvalue weighted by molar-refractivity contribution is 7.17. The van der Waals surface area contributed by atoms with Crippen molar-refractivity contribution in [3.05, 3.63) is 86.1 Å². The lowest BCUT2D eigenvalue weighted by Gasteiger charge is -2.29. The molecule has 6 rings (SSSR count).